The Morgan fingerprint density at radius 1 is 0.416 bits per heavy atom. The van der Waals surface area contributed by atoms with Crippen LogP contribution in [0.1, 0.15) is 246 Å². The van der Waals surface area contributed by atoms with Gasteiger partial charge < -0.3 is 43.2 Å². The Balaban J connectivity index is 2.07. The van der Waals surface area contributed by atoms with Gasteiger partial charge in [0.05, 0.1) is 64.1 Å². The minimum Gasteiger partial charge on any atom is -0.465 e. The molecule has 0 aromatic heterocycles. The highest BCUT2D eigenvalue weighted by atomic mass is 16.6. The predicted octanol–water partition coefficient (Wildman–Crippen LogP) is 11.7. The van der Waals surface area contributed by atoms with Gasteiger partial charge in [-0.3, -0.25) is 33.7 Å². The molecule has 2 atom stereocenters. The van der Waals surface area contributed by atoms with Crippen LogP contribution in [0.5, 0.6) is 0 Å². The summed E-state index contributed by atoms with van der Waals surface area (Å²) in [6, 6.07) is -1.18. The number of rotatable bonds is 48. The van der Waals surface area contributed by atoms with Crippen LogP contribution in [0.4, 0.5) is 4.79 Å². The van der Waals surface area contributed by atoms with Crippen molar-refractivity contribution < 1.29 is 71.8 Å². The Morgan fingerprint density at radius 3 is 1.08 bits per heavy atom. The van der Waals surface area contributed by atoms with Gasteiger partial charge in [0.25, 0.3) is 0 Å². The number of nitrogens with zero attached hydrogens (tertiary/aromatic N) is 2. The summed E-state index contributed by atoms with van der Waals surface area (Å²) in [5.41, 5.74) is 0. The molecule has 446 valence electrons. The van der Waals surface area contributed by atoms with Crippen LogP contribution in [0.15, 0.2) is 0 Å². The van der Waals surface area contributed by atoms with Gasteiger partial charge in [-0.25, -0.2) is 4.79 Å². The summed E-state index contributed by atoms with van der Waals surface area (Å²) in [7, 11) is 0. The molecule has 2 saturated heterocycles. The van der Waals surface area contributed by atoms with Crippen molar-refractivity contribution in [1.82, 2.24) is 9.80 Å². The first-order valence-corrected chi connectivity index (χ1v) is 30.7. The van der Waals surface area contributed by atoms with Crippen molar-refractivity contribution in [3.63, 3.8) is 0 Å². The van der Waals surface area contributed by atoms with Crippen LogP contribution in [0.3, 0.4) is 0 Å². The lowest BCUT2D eigenvalue weighted by atomic mass is 9.94. The molecule has 0 aromatic rings. The van der Waals surface area contributed by atoms with E-state index in [9.17, 15) is 38.7 Å². The lowest BCUT2D eigenvalue weighted by Crippen LogP contribution is -2.62. The van der Waals surface area contributed by atoms with Crippen LogP contribution in [-0.2, 0) is 61.9 Å². The number of carbonyl (C=O) groups excluding carboxylic acids is 7. The molecular weight excluding hydrogens is 989 g/mol. The average molecular weight is 1100 g/mol. The topological polar surface area (TPSA) is 211 Å². The van der Waals surface area contributed by atoms with Crippen LogP contribution in [0.25, 0.3) is 0 Å². The van der Waals surface area contributed by atoms with Gasteiger partial charge in [0.2, 0.25) is 0 Å². The zero-order valence-electron chi connectivity index (χ0n) is 48.6. The normalized spacial score (nSPS) is 15.8. The molecule has 0 radical (unpaired) electrons. The minimum absolute atomic E-state index is 0.120. The van der Waals surface area contributed by atoms with E-state index in [4.69, 9.17) is 33.2 Å². The van der Waals surface area contributed by atoms with Gasteiger partial charge >= 0.3 is 41.9 Å². The maximum atomic E-state index is 13.7. The SMILES string of the molecule is CCCCCCCCC(=O)OCC(COC(=O)CCCCCCCC)CC(=O)OC[C@@H]1C[C@@H](COC(=O)CC(COC(=O)CCCCCCCC)COC(=O)CCCCCCCC)N1C(=O)OCCCN1CCC(O)CC1. The molecule has 0 spiro atoms. The summed E-state index contributed by atoms with van der Waals surface area (Å²) >= 11 is 0. The first-order valence-electron chi connectivity index (χ1n) is 30.7. The van der Waals surface area contributed by atoms with E-state index in [-0.39, 0.29) is 115 Å². The Kier molecular flexibility index (Phi) is 41.1. The van der Waals surface area contributed by atoms with Gasteiger partial charge in [-0.15, -0.1) is 0 Å². The zero-order chi connectivity index (χ0) is 56.1. The van der Waals surface area contributed by atoms with E-state index in [2.05, 4.69) is 32.6 Å². The number of carbonyl (C=O) groups is 7. The monoisotopic (exact) mass is 1090 g/mol. The second-order valence-electron chi connectivity index (χ2n) is 21.8. The maximum absolute atomic E-state index is 13.7. The molecule has 2 heterocycles. The number of piperidine rings is 1. The number of amides is 1. The molecule has 2 aliphatic rings. The van der Waals surface area contributed by atoms with Crippen molar-refractivity contribution in [1.29, 1.82) is 0 Å². The molecular formula is C60H106N2O15. The molecule has 2 rings (SSSR count). The van der Waals surface area contributed by atoms with E-state index in [1.807, 2.05) is 0 Å². The third-order valence-electron chi connectivity index (χ3n) is 14.6. The van der Waals surface area contributed by atoms with Crippen LogP contribution in [0, 0.1) is 11.8 Å². The lowest BCUT2D eigenvalue weighted by Gasteiger charge is -2.46. The quantitative estimate of drug-likeness (QED) is 0.0341. The maximum Gasteiger partial charge on any atom is 0.410 e. The van der Waals surface area contributed by atoms with Gasteiger partial charge in [-0.1, -0.05) is 156 Å². The largest absolute Gasteiger partial charge is 0.465 e. The number of esters is 6. The molecule has 0 aliphatic carbocycles. The van der Waals surface area contributed by atoms with E-state index in [1.54, 1.807) is 0 Å². The molecule has 0 aromatic carbocycles. The molecule has 77 heavy (non-hydrogen) atoms. The Hall–Kier alpha value is -3.99. The second-order valence-corrected chi connectivity index (χ2v) is 21.8. The van der Waals surface area contributed by atoms with Gasteiger partial charge in [-0.2, -0.15) is 0 Å². The van der Waals surface area contributed by atoms with Crippen LogP contribution in [-0.4, -0.2) is 141 Å². The molecule has 2 fully saturated rings. The standard InChI is InChI=1S/C60H106N2O15/c1-5-9-13-17-21-25-30-54(64)72-43-49(44-73-55(65)31-26-22-18-14-10-6-2)40-58(68)76-47-51-42-52(62(51)60(70)71-39-29-36-61-37-34-53(63)35-38-61)48-77-59(69)41-50(45-74-56(66)32-27-23-19-15-11-7-3)46-75-57(67)33-28-24-20-16-12-8-4/h49-53,63H,5-48H2,1-4H3/t51-,52-/m0/s1. The number of aliphatic hydroxyl groups is 1. The van der Waals surface area contributed by atoms with Gasteiger partial charge in [0, 0.05) is 57.2 Å². The predicted molar refractivity (Wildman–Crippen MR) is 296 cm³/mol. The smallest absolute Gasteiger partial charge is 0.410 e. The first kappa shape index (κ1) is 69.1. The fourth-order valence-electron chi connectivity index (χ4n) is 9.59. The van der Waals surface area contributed by atoms with Crippen LogP contribution >= 0.6 is 0 Å². The van der Waals surface area contributed by atoms with E-state index < -0.39 is 42.0 Å². The first-order chi connectivity index (χ1) is 37.4. The van der Waals surface area contributed by atoms with Crippen molar-refractivity contribution in [2.24, 2.45) is 11.8 Å². The fourth-order valence-corrected chi connectivity index (χ4v) is 9.59. The molecule has 1 N–H and O–H groups in total. The highest BCUT2D eigenvalue weighted by Gasteiger charge is 2.44. The molecule has 0 bridgehead atoms. The van der Waals surface area contributed by atoms with E-state index in [0.717, 1.165) is 142 Å². The minimum atomic E-state index is -0.646. The Morgan fingerprint density at radius 2 is 0.740 bits per heavy atom. The number of unbranched alkanes of at least 4 members (excludes halogenated alkanes) is 20. The van der Waals surface area contributed by atoms with E-state index in [0.29, 0.717) is 57.9 Å². The fraction of sp³-hybridized carbons (Fsp3) is 0.883. The number of aliphatic hydroxyl groups excluding tert-OH is 1. The van der Waals surface area contributed by atoms with Gasteiger partial charge in [0.1, 0.15) is 13.2 Å². The highest BCUT2D eigenvalue weighted by molar-refractivity contribution is 5.73. The summed E-state index contributed by atoms with van der Waals surface area (Å²) in [5, 5.41) is 9.91. The Bertz CT molecular complexity index is 1430. The second kappa shape index (κ2) is 45.8. The van der Waals surface area contributed by atoms with Crippen molar-refractivity contribution >= 4 is 41.9 Å². The zero-order valence-corrected chi connectivity index (χ0v) is 48.6. The summed E-state index contributed by atoms with van der Waals surface area (Å²) in [4.78, 5) is 95.0. The van der Waals surface area contributed by atoms with Gasteiger partial charge in [-0.05, 0) is 51.4 Å². The number of ether oxygens (including phenoxy) is 7. The summed E-state index contributed by atoms with van der Waals surface area (Å²) in [6.45, 7) is 10.1. The molecule has 1 amide bonds. The Labute approximate surface area is 463 Å². The van der Waals surface area contributed by atoms with Crippen molar-refractivity contribution in [2.45, 2.75) is 264 Å². The van der Waals surface area contributed by atoms with Gasteiger partial charge in [0.15, 0.2) is 0 Å². The van der Waals surface area contributed by atoms with Crippen LogP contribution < -0.4 is 0 Å². The number of hydrogen-bond acceptors (Lipinski definition) is 16. The number of hydrogen-bond donors (Lipinski definition) is 1. The summed E-state index contributed by atoms with van der Waals surface area (Å²) in [5.74, 6) is -4.00. The summed E-state index contributed by atoms with van der Waals surface area (Å²) < 4.78 is 39.5. The van der Waals surface area contributed by atoms with Crippen molar-refractivity contribution in [3.05, 3.63) is 0 Å². The number of likely N-dealkylation sites (tertiary alicyclic amines) is 2. The third kappa shape index (κ3) is 36.0. The summed E-state index contributed by atoms with van der Waals surface area (Å²) in [6.07, 6.45) is 26.5. The van der Waals surface area contributed by atoms with Crippen molar-refractivity contribution in [2.75, 3.05) is 65.9 Å². The lowest BCUT2D eigenvalue weighted by molar-refractivity contribution is -0.159. The molecule has 0 saturated carbocycles. The highest BCUT2D eigenvalue weighted by Crippen LogP contribution is 2.29. The average Bonchev–Trinajstić information content (AvgIpc) is 3.40. The molecule has 17 nitrogen and oxygen atoms in total. The molecule has 2 aliphatic heterocycles. The third-order valence-corrected chi connectivity index (χ3v) is 14.6. The molecule has 17 heteroatoms. The van der Waals surface area contributed by atoms with Crippen molar-refractivity contribution in [3.8, 4) is 0 Å². The van der Waals surface area contributed by atoms with Crippen LogP contribution in [0.2, 0.25) is 0 Å². The van der Waals surface area contributed by atoms with E-state index >= 15 is 0 Å². The van der Waals surface area contributed by atoms with E-state index in [1.165, 1.54) is 4.90 Å². The molecule has 0 unspecified atom stereocenters.